The van der Waals surface area contributed by atoms with Crippen LogP contribution in [0.3, 0.4) is 0 Å². The predicted molar refractivity (Wildman–Crippen MR) is 97.0 cm³/mol. The summed E-state index contributed by atoms with van der Waals surface area (Å²) in [6.45, 7) is 8.59. The number of hydrogen-bond donors (Lipinski definition) is 1. The van der Waals surface area contributed by atoms with Crippen molar-refractivity contribution in [2.75, 3.05) is 31.9 Å². The van der Waals surface area contributed by atoms with Crippen LogP contribution in [-0.2, 0) is 7.05 Å². The molecule has 0 saturated carbocycles. The first-order valence-corrected chi connectivity index (χ1v) is 9.26. The minimum atomic E-state index is 0.379. The molecule has 0 aliphatic carbocycles. The van der Waals surface area contributed by atoms with E-state index in [0.717, 1.165) is 37.8 Å². The molecule has 124 valence electrons. The van der Waals surface area contributed by atoms with Gasteiger partial charge in [-0.1, -0.05) is 6.07 Å². The van der Waals surface area contributed by atoms with Gasteiger partial charge in [-0.25, -0.2) is 4.98 Å². The van der Waals surface area contributed by atoms with E-state index in [0.29, 0.717) is 6.04 Å². The van der Waals surface area contributed by atoms with Crippen LogP contribution in [-0.4, -0.2) is 46.4 Å². The predicted octanol–water partition coefficient (Wildman–Crippen LogP) is 2.78. The molecule has 1 unspecified atom stereocenters. The van der Waals surface area contributed by atoms with Gasteiger partial charge in [0.05, 0.1) is 6.04 Å². The van der Waals surface area contributed by atoms with Crippen LogP contribution in [0.25, 0.3) is 0 Å². The third-order valence-corrected chi connectivity index (χ3v) is 5.61. The quantitative estimate of drug-likeness (QED) is 0.855. The van der Waals surface area contributed by atoms with Crippen LogP contribution in [0.5, 0.6) is 0 Å². The van der Waals surface area contributed by atoms with E-state index in [4.69, 9.17) is 0 Å². The number of aryl methyl sites for hydroxylation is 3. The molecule has 1 fully saturated rings. The van der Waals surface area contributed by atoms with Gasteiger partial charge in [-0.3, -0.25) is 4.90 Å². The topological polar surface area (TPSA) is 33.1 Å². The molecule has 3 rings (SSSR count). The van der Waals surface area contributed by atoms with Crippen molar-refractivity contribution in [1.82, 2.24) is 19.8 Å². The second kappa shape index (κ2) is 7.51. The van der Waals surface area contributed by atoms with Crippen LogP contribution in [0.15, 0.2) is 35.5 Å². The van der Waals surface area contributed by atoms with Gasteiger partial charge < -0.3 is 9.88 Å². The van der Waals surface area contributed by atoms with Crippen LogP contribution < -0.4 is 5.32 Å². The Hall–Kier alpha value is -1.30. The lowest BCUT2D eigenvalue weighted by Crippen LogP contribution is -2.47. The molecule has 2 aromatic rings. The molecule has 2 heterocycles. The Morgan fingerprint density at radius 2 is 2.17 bits per heavy atom. The highest BCUT2D eigenvalue weighted by Crippen LogP contribution is 2.24. The van der Waals surface area contributed by atoms with E-state index in [1.807, 2.05) is 24.2 Å². The van der Waals surface area contributed by atoms with Crippen molar-refractivity contribution in [1.29, 1.82) is 0 Å². The first kappa shape index (κ1) is 16.6. The normalized spacial score (nSPS) is 19.2. The summed E-state index contributed by atoms with van der Waals surface area (Å²) in [7, 11) is 2.08. The summed E-state index contributed by atoms with van der Waals surface area (Å²) in [6, 6.07) is 7.14. The average Bonchev–Trinajstić information content (AvgIpc) is 2.97. The Morgan fingerprint density at radius 3 is 2.91 bits per heavy atom. The number of imidazole rings is 1. The van der Waals surface area contributed by atoms with Crippen molar-refractivity contribution in [3.05, 3.63) is 47.5 Å². The molecule has 0 spiro atoms. The molecule has 0 bridgehead atoms. The molecule has 1 aliphatic rings. The highest BCUT2D eigenvalue weighted by Gasteiger charge is 2.26. The Labute approximate surface area is 143 Å². The Kier molecular flexibility index (Phi) is 5.41. The SMILES string of the molecule is Cc1ccc(SCCN2CCNCC2c2nccn2C)cc1C. The standard InChI is InChI=1S/C18H26N4S/c1-14-4-5-16(12-15(14)2)23-11-10-22-9-6-19-13-17(22)18-20-7-8-21(18)3/h4-5,7-8,12,17,19H,6,9-11,13H2,1-3H3. The molecular formula is C18H26N4S. The second-order valence-corrected chi connectivity index (χ2v) is 7.42. The fourth-order valence-electron chi connectivity index (χ4n) is 3.05. The maximum Gasteiger partial charge on any atom is 0.127 e. The molecule has 5 heteroatoms. The first-order chi connectivity index (χ1) is 11.1. The number of nitrogens with zero attached hydrogens (tertiary/aromatic N) is 3. The molecule has 1 saturated heterocycles. The molecule has 1 N–H and O–H groups in total. The number of thioether (sulfide) groups is 1. The van der Waals surface area contributed by atoms with E-state index in [1.54, 1.807) is 0 Å². The Balaban J connectivity index is 1.59. The van der Waals surface area contributed by atoms with E-state index < -0.39 is 0 Å². The average molecular weight is 331 g/mol. The van der Waals surface area contributed by atoms with Crippen LogP contribution in [0.4, 0.5) is 0 Å². The van der Waals surface area contributed by atoms with Crippen molar-refractivity contribution in [2.24, 2.45) is 7.05 Å². The molecule has 0 amide bonds. The van der Waals surface area contributed by atoms with E-state index in [-0.39, 0.29) is 0 Å². The number of nitrogens with one attached hydrogen (secondary N) is 1. The zero-order valence-electron chi connectivity index (χ0n) is 14.2. The van der Waals surface area contributed by atoms with E-state index in [9.17, 15) is 0 Å². The van der Waals surface area contributed by atoms with Crippen LogP contribution in [0.1, 0.15) is 23.0 Å². The molecule has 1 aromatic heterocycles. The van der Waals surface area contributed by atoms with Gasteiger partial charge in [0.2, 0.25) is 0 Å². The summed E-state index contributed by atoms with van der Waals surface area (Å²) in [5.41, 5.74) is 2.74. The highest BCUT2D eigenvalue weighted by molar-refractivity contribution is 7.99. The van der Waals surface area contributed by atoms with Gasteiger partial charge in [-0.05, 0) is 37.1 Å². The molecule has 1 aliphatic heterocycles. The second-order valence-electron chi connectivity index (χ2n) is 6.25. The Bertz CT molecular complexity index is 652. The summed E-state index contributed by atoms with van der Waals surface area (Å²) >= 11 is 1.95. The first-order valence-electron chi connectivity index (χ1n) is 8.27. The van der Waals surface area contributed by atoms with E-state index >= 15 is 0 Å². The van der Waals surface area contributed by atoms with Gasteiger partial charge in [-0.15, -0.1) is 11.8 Å². The molecule has 1 atom stereocenters. The number of rotatable bonds is 5. The highest BCUT2D eigenvalue weighted by atomic mass is 32.2. The molecule has 23 heavy (non-hydrogen) atoms. The Morgan fingerprint density at radius 1 is 1.30 bits per heavy atom. The molecule has 1 aromatic carbocycles. The third kappa shape index (κ3) is 3.97. The lowest BCUT2D eigenvalue weighted by molar-refractivity contribution is 0.163. The van der Waals surface area contributed by atoms with Gasteiger partial charge >= 0.3 is 0 Å². The lowest BCUT2D eigenvalue weighted by atomic mass is 10.1. The van der Waals surface area contributed by atoms with Crippen molar-refractivity contribution in [2.45, 2.75) is 24.8 Å². The van der Waals surface area contributed by atoms with Gasteiger partial charge in [0.25, 0.3) is 0 Å². The van der Waals surface area contributed by atoms with Gasteiger partial charge in [-0.2, -0.15) is 0 Å². The fourth-order valence-corrected chi connectivity index (χ4v) is 4.04. The van der Waals surface area contributed by atoms with Crippen LogP contribution in [0.2, 0.25) is 0 Å². The van der Waals surface area contributed by atoms with Crippen LogP contribution >= 0.6 is 11.8 Å². The number of benzene rings is 1. The minimum absolute atomic E-state index is 0.379. The number of aromatic nitrogens is 2. The maximum atomic E-state index is 4.55. The summed E-state index contributed by atoms with van der Waals surface area (Å²) in [5.74, 6) is 2.28. The van der Waals surface area contributed by atoms with Crippen molar-refractivity contribution in [3.63, 3.8) is 0 Å². The van der Waals surface area contributed by atoms with Crippen molar-refractivity contribution < 1.29 is 0 Å². The molecular weight excluding hydrogens is 304 g/mol. The van der Waals surface area contributed by atoms with Crippen molar-refractivity contribution >= 4 is 11.8 Å². The monoisotopic (exact) mass is 330 g/mol. The number of piperazine rings is 1. The zero-order valence-corrected chi connectivity index (χ0v) is 15.1. The maximum absolute atomic E-state index is 4.55. The minimum Gasteiger partial charge on any atom is -0.337 e. The molecule has 0 radical (unpaired) electrons. The van der Waals surface area contributed by atoms with Gasteiger partial charge in [0.15, 0.2) is 0 Å². The summed E-state index contributed by atoms with van der Waals surface area (Å²) < 4.78 is 2.14. The van der Waals surface area contributed by atoms with Crippen LogP contribution in [0, 0.1) is 13.8 Å². The third-order valence-electron chi connectivity index (χ3n) is 4.64. The number of hydrogen-bond acceptors (Lipinski definition) is 4. The zero-order chi connectivity index (χ0) is 16.2. The summed E-state index contributed by atoms with van der Waals surface area (Å²) in [5, 5.41) is 3.50. The lowest BCUT2D eigenvalue weighted by Gasteiger charge is -2.35. The fraction of sp³-hybridized carbons (Fsp3) is 0.500. The van der Waals surface area contributed by atoms with E-state index in [2.05, 4.69) is 58.9 Å². The van der Waals surface area contributed by atoms with Gasteiger partial charge in [0, 0.05) is 56.3 Å². The van der Waals surface area contributed by atoms with Crippen molar-refractivity contribution in [3.8, 4) is 0 Å². The van der Waals surface area contributed by atoms with E-state index in [1.165, 1.54) is 16.0 Å². The largest absolute Gasteiger partial charge is 0.337 e. The summed E-state index contributed by atoms with van der Waals surface area (Å²) in [4.78, 5) is 8.49. The summed E-state index contributed by atoms with van der Waals surface area (Å²) in [6.07, 6.45) is 3.93. The smallest absolute Gasteiger partial charge is 0.127 e. The molecule has 4 nitrogen and oxygen atoms in total. The van der Waals surface area contributed by atoms with Gasteiger partial charge in [0.1, 0.15) is 5.82 Å².